The van der Waals surface area contributed by atoms with Crippen molar-refractivity contribution in [3.8, 4) is 83.5 Å². The largest absolute Gasteiger partial charge is 0.309 e. The standard InChI is InChI=1S/C63H40N4S/c1-5-18-43(19-6-1)58-59-60(44-20-7-2-8-21-44)64-53-37-36-47(39-52(53)62(59)68-61(58)45-22-9-3-10-23-45)41-32-34-42(35-33-41)54-40-55(66-63(65-54)46-24-11-4-12-25-46)48-26-17-27-49(38-48)67-56-30-15-13-28-50(56)51-29-14-16-31-57(51)67/h1-40H. The zero-order valence-electron chi connectivity index (χ0n) is 36.8. The first-order valence-electron chi connectivity index (χ1n) is 22.9. The van der Waals surface area contributed by atoms with E-state index in [9.17, 15) is 0 Å². The highest BCUT2D eigenvalue weighted by Crippen LogP contribution is 2.50. The summed E-state index contributed by atoms with van der Waals surface area (Å²) in [5.41, 5.74) is 17.1. The molecule has 318 valence electrons. The molecule has 0 amide bonds. The first-order valence-corrected chi connectivity index (χ1v) is 23.7. The number of hydrogen-bond acceptors (Lipinski definition) is 4. The molecule has 0 fully saturated rings. The Bertz CT molecular complexity index is 3940. The van der Waals surface area contributed by atoms with Crippen molar-refractivity contribution in [3.63, 3.8) is 0 Å². The summed E-state index contributed by atoms with van der Waals surface area (Å²) < 4.78 is 3.58. The van der Waals surface area contributed by atoms with Gasteiger partial charge in [0, 0.05) is 64.6 Å². The summed E-state index contributed by atoms with van der Waals surface area (Å²) >= 11 is 1.86. The lowest BCUT2D eigenvalue weighted by molar-refractivity contribution is 1.16. The normalized spacial score (nSPS) is 11.5. The predicted octanol–water partition coefficient (Wildman–Crippen LogP) is 17.0. The van der Waals surface area contributed by atoms with Crippen molar-refractivity contribution in [1.82, 2.24) is 19.5 Å². The van der Waals surface area contributed by atoms with Crippen molar-refractivity contribution < 1.29 is 0 Å². The van der Waals surface area contributed by atoms with Crippen LogP contribution in [0.2, 0.25) is 0 Å². The van der Waals surface area contributed by atoms with Gasteiger partial charge in [-0.2, -0.15) is 0 Å². The van der Waals surface area contributed by atoms with Gasteiger partial charge in [0.25, 0.3) is 0 Å². The maximum Gasteiger partial charge on any atom is 0.160 e. The highest BCUT2D eigenvalue weighted by molar-refractivity contribution is 7.24. The first kappa shape index (κ1) is 39.6. The smallest absolute Gasteiger partial charge is 0.160 e. The van der Waals surface area contributed by atoms with Crippen LogP contribution in [0.5, 0.6) is 0 Å². The number of fused-ring (bicyclic) bond motifs is 6. The van der Waals surface area contributed by atoms with Gasteiger partial charge in [-0.05, 0) is 64.7 Å². The third kappa shape index (κ3) is 6.88. The van der Waals surface area contributed by atoms with E-state index in [0.29, 0.717) is 5.82 Å². The number of hydrogen-bond donors (Lipinski definition) is 0. The molecule has 68 heavy (non-hydrogen) atoms. The maximum atomic E-state index is 5.46. The van der Waals surface area contributed by atoms with E-state index in [2.05, 4.69) is 229 Å². The van der Waals surface area contributed by atoms with Gasteiger partial charge >= 0.3 is 0 Å². The van der Waals surface area contributed by atoms with E-state index < -0.39 is 0 Å². The molecule has 0 spiro atoms. The molecule has 0 N–H and O–H groups in total. The second kappa shape index (κ2) is 16.6. The van der Waals surface area contributed by atoms with E-state index in [-0.39, 0.29) is 0 Å². The quantitative estimate of drug-likeness (QED) is 0.153. The van der Waals surface area contributed by atoms with Crippen LogP contribution in [-0.4, -0.2) is 19.5 Å². The van der Waals surface area contributed by atoms with Crippen LogP contribution < -0.4 is 0 Å². The molecule has 0 atom stereocenters. The van der Waals surface area contributed by atoms with Crippen molar-refractivity contribution >= 4 is 54.1 Å². The minimum absolute atomic E-state index is 0.686. The van der Waals surface area contributed by atoms with Gasteiger partial charge in [0.2, 0.25) is 0 Å². The van der Waals surface area contributed by atoms with Crippen molar-refractivity contribution in [2.24, 2.45) is 0 Å². The monoisotopic (exact) mass is 884 g/mol. The van der Waals surface area contributed by atoms with Gasteiger partial charge in [0.15, 0.2) is 5.82 Å². The van der Waals surface area contributed by atoms with E-state index in [1.807, 2.05) is 29.5 Å². The molecule has 0 saturated carbocycles. The molecule has 0 aliphatic heterocycles. The van der Waals surface area contributed by atoms with Crippen molar-refractivity contribution in [1.29, 1.82) is 0 Å². The molecule has 4 heterocycles. The van der Waals surface area contributed by atoms with Gasteiger partial charge in [0.05, 0.1) is 33.6 Å². The Morgan fingerprint density at radius 3 is 1.53 bits per heavy atom. The predicted molar refractivity (Wildman–Crippen MR) is 285 cm³/mol. The maximum absolute atomic E-state index is 5.46. The molecule has 0 saturated heterocycles. The Balaban J connectivity index is 0.930. The summed E-state index contributed by atoms with van der Waals surface area (Å²) in [6, 6.07) is 86.0. The summed E-state index contributed by atoms with van der Waals surface area (Å²) in [7, 11) is 0. The summed E-state index contributed by atoms with van der Waals surface area (Å²) in [6.07, 6.45) is 0. The van der Waals surface area contributed by atoms with Gasteiger partial charge in [-0.1, -0.05) is 200 Å². The van der Waals surface area contributed by atoms with Crippen LogP contribution in [0.4, 0.5) is 0 Å². The minimum atomic E-state index is 0.686. The summed E-state index contributed by atoms with van der Waals surface area (Å²) in [4.78, 5) is 17.1. The van der Waals surface area contributed by atoms with Crippen LogP contribution in [0.1, 0.15) is 0 Å². The van der Waals surface area contributed by atoms with Crippen molar-refractivity contribution in [2.45, 2.75) is 0 Å². The van der Waals surface area contributed by atoms with Gasteiger partial charge in [-0.3, -0.25) is 0 Å². The number of para-hydroxylation sites is 2. The summed E-state index contributed by atoms with van der Waals surface area (Å²) in [5.74, 6) is 0.686. The topological polar surface area (TPSA) is 43.6 Å². The number of benzene rings is 9. The molecule has 13 aromatic rings. The lowest BCUT2D eigenvalue weighted by Gasteiger charge is -2.13. The molecule has 13 rings (SSSR count). The van der Waals surface area contributed by atoms with E-state index in [1.165, 1.54) is 53.5 Å². The van der Waals surface area contributed by atoms with Crippen LogP contribution in [0, 0.1) is 0 Å². The van der Waals surface area contributed by atoms with Gasteiger partial charge in [0.1, 0.15) is 0 Å². The average Bonchev–Trinajstić information content (AvgIpc) is 3.99. The van der Waals surface area contributed by atoms with Gasteiger partial charge in [-0.25, -0.2) is 15.0 Å². The van der Waals surface area contributed by atoms with Crippen LogP contribution >= 0.6 is 11.3 Å². The number of thiophene rings is 1. The van der Waals surface area contributed by atoms with Crippen molar-refractivity contribution in [3.05, 3.63) is 243 Å². The number of pyridine rings is 1. The molecule has 0 aliphatic carbocycles. The Morgan fingerprint density at radius 2 is 0.868 bits per heavy atom. The first-order chi connectivity index (χ1) is 33.7. The molecule has 0 aliphatic rings. The number of aromatic nitrogens is 4. The van der Waals surface area contributed by atoms with Gasteiger partial charge in [-0.15, -0.1) is 11.3 Å². The molecule has 0 unspecified atom stereocenters. The lowest BCUT2D eigenvalue weighted by atomic mass is 9.94. The van der Waals surface area contributed by atoms with E-state index in [0.717, 1.165) is 67.1 Å². The van der Waals surface area contributed by atoms with Crippen LogP contribution in [0.15, 0.2) is 243 Å². The molecule has 0 bridgehead atoms. The molecule has 4 aromatic heterocycles. The SMILES string of the molecule is c1ccc(-c2nc(-c3ccc(-c4ccc5nc(-c6ccccc6)c6c(-c7ccccc7)c(-c7ccccc7)sc6c5c4)cc3)cc(-c3cccc(-n4c5ccccc5c5ccccc54)c3)n2)cc1. The van der Waals surface area contributed by atoms with Crippen LogP contribution in [0.3, 0.4) is 0 Å². The molecule has 9 aromatic carbocycles. The third-order valence-corrected chi connectivity index (χ3v) is 14.3. The second-order valence-corrected chi connectivity index (χ2v) is 18.1. The van der Waals surface area contributed by atoms with Crippen LogP contribution in [-0.2, 0) is 0 Å². The highest BCUT2D eigenvalue weighted by atomic mass is 32.1. The van der Waals surface area contributed by atoms with Crippen molar-refractivity contribution in [2.75, 3.05) is 0 Å². The molecule has 0 radical (unpaired) electrons. The Labute approximate surface area is 397 Å². The lowest BCUT2D eigenvalue weighted by Crippen LogP contribution is -1.97. The second-order valence-electron chi connectivity index (χ2n) is 17.1. The molecule has 4 nitrogen and oxygen atoms in total. The minimum Gasteiger partial charge on any atom is -0.309 e. The fourth-order valence-electron chi connectivity index (χ4n) is 9.79. The van der Waals surface area contributed by atoms with Gasteiger partial charge < -0.3 is 4.57 Å². The third-order valence-electron chi connectivity index (χ3n) is 13.0. The van der Waals surface area contributed by atoms with E-state index in [1.54, 1.807) is 0 Å². The summed E-state index contributed by atoms with van der Waals surface area (Å²) in [5, 5.41) is 4.79. The van der Waals surface area contributed by atoms with Crippen LogP contribution in [0.25, 0.3) is 126 Å². The zero-order valence-corrected chi connectivity index (χ0v) is 37.6. The molecule has 5 heteroatoms. The molecular formula is C63H40N4S. The fourth-order valence-corrected chi connectivity index (χ4v) is 11.1. The average molecular weight is 885 g/mol. The summed E-state index contributed by atoms with van der Waals surface area (Å²) in [6.45, 7) is 0. The highest BCUT2D eigenvalue weighted by Gasteiger charge is 2.23. The Morgan fingerprint density at radius 1 is 0.338 bits per heavy atom. The zero-order chi connectivity index (χ0) is 45.0. The van der Waals surface area contributed by atoms with E-state index >= 15 is 0 Å². The Hall–Kier alpha value is -8.77. The molecular weight excluding hydrogens is 845 g/mol. The number of nitrogens with zero attached hydrogens (tertiary/aromatic N) is 4. The fraction of sp³-hybridized carbons (Fsp3) is 0. The Kier molecular flexibility index (Phi) is 9.66. The van der Waals surface area contributed by atoms with E-state index in [4.69, 9.17) is 15.0 Å². The number of rotatable bonds is 8.